The van der Waals surface area contributed by atoms with Gasteiger partial charge >= 0.3 is 0 Å². The van der Waals surface area contributed by atoms with Gasteiger partial charge in [-0.3, -0.25) is 14.9 Å². The van der Waals surface area contributed by atoms with Gasteiger partial charge in [-0.2, -0.15) is 0 Å². The smallest absolute Gasteiger partial charge is 0.274 e. The Labute approximate surface area is 102 Å². The normalized spacial score (nSPS) is 10.2. The summed E-state index contributed by atoms with van der Waals surface area (Å²) in [5.41, 5.74) is 0.960. The summed E-state index contributed by atoms with van der Waals surface area (Å²) >= 11 is 1.35. The molecule has 0 spiro atoms. The first-order valence-electron chi connectivity index (χ1n) is 4.96. The van der Waals surface area contributed by atoms with E-state index in [-0.39, 0.29) is 11.7 Å². The van der Waals surface area contributed by atoms with Crippen molar-refractivity contribution in [3.63, 3.8) is 0 Å². The molecule has 88 valence electrons. The molecule has 0 aliphatic rings. The number of aromatic nitrogens is 2. The second-order valence-corrected chi connectivity index (χ2v) is 4.47. The standard InChI is InChI=1S/C11H11N3O2S/c1-7(15)8-5-9(14(2)6-8)10(16)13-11-12-3-4-17-11/h3-6H,1-2H3,(H,12,13,16). The molecule has 0 aromatic carbocycles. The molecule has 0 radical (unpaired) electrons. The van der Waals surface area contributed by atoms with Crippen LogP contribution in [-0.2, 0) is 7.05 Å². The zero-order valence-corrected chi connectivity index (χ0v) is 10.2. The Kier molecular flexibility index (Phi) is 3.06. The SMILES string of the molecule is CC(=O)c1cc(C(=O)Nc2nccs2)n(C)c1. The lowest BCUT2D eigenvalue weighted by atomic mass is 10.2. The van der Waals surface area contributed by atoms with E-state index < -0.39 is 0 Å². The van der Waals surface area contributed by atoms with Crippen molar-refractivity contribution in [1.29, 1.82) is 0 Å². The molecule has 0 saturated carbocycles. The highest BCUT2D eigenvalue weighted by atomic mass is 32.1. The van der Waals surface area contributed by atoms with Crippen LogP contribution in [0, 0.1) is 0 Å². The number of nitrogens with one attached hydrogen (secondary N) is 1. The average Bonchev–Trinajstić information content (AvgIpc) is 2.86. The molecule has 0 atom stereocenters. The van der Waals surface area contributed by atoms with Crippen molar-refractivity contribution in [3.05, 3.63) is 35.1 Å². The van der Waals surface area contributed by atoms with E-state index in [0.29, 0.717) is 16.4 Å². The van der Waals surface area contributed by atoms with Crippen molar-refractivity contribution in [2.24, 2.45) is 7.05 Å². The Balaban J connectivity index is 2.22. The lowest BCUT2D eigenvalue weighted by Gasteiger charge is -2.01. The van der Waals surface area contributed by atoms with Crippen molar-refractivity contribution >= 4 is 28.2 Å². The summed E-state index contributed by atoms with van der Waals surface area (Å²) in [6.45, 7) is 1.47. The number of aryl methyl sites for hydroxylation is 1. The fourth-order valence-electron chi connectivity index (χ4n) is 1.43. The third-order valence-corrected chi connectivity index (χ3v) is 2.99. The van der Waals surface area contributed by atoms with E-state index in [1.165, 1.54) is 18.3 Å². The summed E-state index contributed by atoms with van der Waals surface area (Å²) < 4.78 is 1.62. The van der Waals surface area contributed by atoms with Crippen LogP contribution in [0.3, 0.4) is 0 Å². The van der Waals surface area contributed by atoms with Crippen LogP contribution in [0.5, 0.6) is 0 Å². The monoisotopic (exact) mass is 249 g/mol. The lowest BCUT2D eigenvalue weighted by Crippen LogP contribution is -2.14. The van der Waals surface area contributed by atoms with Crippen LogP contribution in [0.15, 0.2) is 23.8 Å². The first-order valence-corrected chi connectivity index (χ1v) is 5.84. The summed E-state index contributed by atoms with van der Waals surface area (Å²) in [5.74, 6) is -0.330. The highest BCUT2D eigenvalue weighted by Crippen LogP contribution is 2.14. The molecule has 0 aliphatic heterocycles. The molecule has 5 nitrogen and oxygen atoms in total. The lowest BCUT2D eigenvalue weighted by molar-refractivity contribution is 0.101. The van der Waals surface area contributed by atoms with Crippen LogP contribution < -0.4 is 5.32 Å². The molecule has 2 aromatic heterocycles. The molecule has 6 heteroatoms. The van der Waals surface area contributed by atoms with Gasteiger partial charge in [0.15, 0.2) is 10.9 Å². The quantitative estimate of drug-likeness (QED) is 0.845. The van der Waals surface area contributed by atoms with E-state index in [0.717, 1.165) is 0 Å². The molecule has 1 amide bonds. The summed E-state index contributed by atoms with van der Waals surface area (Å²) in [6.07, 6.45) is 3.26. The van der Waals surface area contributed by atoms with E-state index in [1.807, 2.05) is 0 Å². The largest absolute Gasteiger partial charge is 0.346 e. The van der Waals surface area contributed by atoms with Crippen molar-refractivity contribution in [2.45, 2.75) is 6.92 Å². The van der Waals surface area contributed by atoms with Gasteiger partial charge in [-0.05, 0) is 13.0 Å². The molecular weight excluding hydrogens is 238 g/mol. The minimum Gasteiger partial charge on any atom is -0.346 e. The molecule has 1 N–H and O–H groups in total. The third-order valence-electron chi connectivity index (χ3n) is 2.30. The molecule has 0 saturated heterocycles. The van der Waals surface area contributed by atoms with Gasteiger partial charge in [-0.15, -0.1) is 11.3 Å². The second kappa shape index (κ2) is 4.50. The summed E-state index contributed by atoms with van der Waals surface area (Å²) in [7, 11) is 1.73. The number of hydrogen-bond acceptors (Lipinski definition) is 4. The van der Waals surface area contributed by atoms with Gasteiger partial charge in [0.2, 0.25) is 0 Å². The Morgan fingerprint density at radius 2 is 2.24 bits per heavy atom. The number of carbonyl (C=O) groups excluding carboxylic acids is 2. The van der Waals surface area contributed by atoms with Crippen LogP contribution in [0.2, 0.25) is 0 Å². The number of Topliss-reactive ketones (excluding diaryl/α,β-unsaturated/α-hetero) is 1. The van der Waals surface area contributed by atoms with E-state index in [2.05, 4.69) is 10.3 Å². The Hall–Kier alpha value is -1.95. The van der Waals surface area contributed by atoms with Crippen molar-refractivity contribution in [1.82, 2.24) is 9.55 Å². The maximum Gasteiger partial charge on any atom is 0.274 e. The van der Waals surface area contributed by atoms with Gasteiger partial charge in [0.05, 0.1) is 0 Å². The molecule has 2 heterocycles. The Morgan fingerprint density at radius 1 is 1.47 bits per heavy atom. The van der Waals surface area contributed by atoms with Gasteiger partial charge in [-0.1, -0.05) is 0 Å². The van der Waals surface area contributed by atoms with E-state index >= 15 is 0 Å². The number of amides is 1. The maximum absolute atomic E-state index is 11.9. The van der Waals surface area contributed by atoms with Gasteiger partial charge < -0.3 is 4.57 Å². The van der Waals surface area contributed by atoms with Gasteiger partial charge in [0, 0.05) is 30.4 Å². The molecule has 0 aliphatic carbocycles. The Bertz CT molecular complexity index is 557. The number of carbonyl (C=O) groups is 2. The molecular formula is C11H11N3O2S. The van der Waals surface area contributed by atoms with E-state index in [1.54, 1.807) is 35.5 Å². The van der Waals surface area contributed by atoms with Gasteiger partial charge in [0.1, 0.15) is 5.69 Å². The highest BCUT2D eigenvalue weighted by molar-refractivity contribution is 7.13. The number of ketones is 1. The highest BCUT2D eigenvalue weighted by Gasteiger charge is 2.14. The predicted octanol–water partition coefficient (Wildman–Crippen LogP) is 1.94. The minimum absolute atomic E-state index is 0.0612. The molecule has 2 rings (SSSR count). The summed E-state index contributed by atoms with van der Waals surface area (Å²) in [5, 5.41) is 4.99. The first kappa shape index (κ1) is 11.5. The fraction of sp³-hybridized carbons (Fsp3) is 0.182. The topological polar surface area (TPSA) is 64.0 Å². The van der Waals surface area contributed by atoms with Crippen LogP contribution in [0.25, 0.3) is 0 Å². The number of rotatable bonds is 3. The number of thiazole rings is 1. The van der Waals surface area contributed by atoms with Crippen LogP contribution in [0.1, 0.15) is 27.8 Å². The molecule has 17 heavy (non-hydrogen) atoms. The molecule has 0 unspecified atom stereocenters. The average molecular weight is 249 g/mol. The fourth-order valence-corrected chi connectivity index (χ4v) is 1.95. The van der Waals surface area contributed by atoms with Crippen molar-refractivity contribution < 1.29 is 9.59 Å². The van der Waals surface area contributed by atoms with Gasteiger partial charge in [-0.25, -0.2) is 4.98 Å². The minimum atomic E-state index is -0.269. The van der Waals surface area contributed by atoms with Crippen molar-refractivity contribution in [2.75, 3.05) is 5.32 Å². The number of anilines is 1. The van der Waals surface area contributed by atoms with E-state index in [9.17, 15) is 9.59 Å². The van der Waals surface area contributed by atoms with Crippen LogP contribution in [0.4, 0.5) is 5.13 Å². The predicted molar refractivity (Wildman–Crippen MR) is 65.5 cm³/mol. The Morgan fingerprint density at radius 3 is 2.76 bits per heavy atom. The van der Waals surface area contributed by atoms with E-state index in [4.69, 9.17) is 0 Å². The van der Waals surface area contributed by atoms with Crippen molar-refractivity contribution in [3.8, 4) is 0 Å². The number of nitrogens with zero attached hydrogens (tertiary/aromatic N) is 2. The summed E-state index contributed by atoms with van der Waals surface area (Å²) in [4.78, 5) is 27.1. The molecule has 0 bridgehead atoms. The van der Waals surface area contributed by atoms with Crippen LogP contribution in [-0.4, -0.2) is 21.2 Å². The first-order chi connectivity index (χ1) is 8.08. The molecule has 2 aromatic rings. The third kappa shape index (κ3) is 2.42. The van der Waals surface area contributed by atoms with Crippen LogP contribution >= 0.6 is 11.3 Å². The zero-order chi connectivity index (χ0) is 12.4. The summed E-state index contributed by atoms with van der Waals surface area (Å²) in [6, 6.07) is 1.57. The zero-order valence-electron chi connectivity index (χ0n) is 9.43. The molecule has 0 fully saturated rings. The van der Waals surface area contributed by atoms with Gasteiger partial charge in [0.25, 0.3) is 5.91 Å². The maximum atomic E-state index is 11.9. The number of hydrogen-bond donors (Lipinski definition) is 1. The second-order valence-electron chi connectivity index (χ2n) is 3.57.